The van der Waals surface area contributed by atoms with Gasteiger partial charge in [-0.15, -0.1) is 0 Å². The third-order valence-electron chi connectivity index (χ3n) is 3.50. The highest BCUT2D eigenvalue weighted by atomic mass is 16.4. The third-order valence-corrected chi connectivity index (χ3v) is 3.50. The Kier molecular flexibility index (Phi) is 4.43. The molecule has 2 rings (SSSR count). The molecule has 0 aromatic carbocycles. The molecule has 1 N–H and O–H groups in total. The first-order valence-corrected chi connectivity index (χ1v) is 6.44. The molecule has 19 heavy (non-hydrogen) atoms. The molecule has 0 radical (unpaired) electrons. The number of carboxylic acids is 1. The second-order valence-electron chi connectivity index (χ2n) is 4.80. The second kappa shape index (κ2) is 6.26. The van der Waals surface area contributed by atoms with E-state index in [1.807, 2.05) is 0 Å². The van der Waals surface area contributed by atoms with Gasteiger partial charge in [-0.05, 0) is 31.2 Å². The number of hydrogen-bond acceptors (Lipinski definition) is 4. The summed E-state index contributed by atoms with van der Waals surface area (Å²) >= 11 is 0. The van der Waals surface area contributed by atoms with Crippen LogP contribution in [0.2, 0.25) is 0 Å². The van der Waals surface area contributed by atoms with Gasteiger partial charge in [0.1, 0.15) is 0 Å². The number of carbonyl (C=O) groups excluding carboxylic acids is 1. The van der Waals surface area contributed by atoms with Crippen molar-refractivity contribution in [3.8, 4) is 0 Å². The average molecular weight is 263 g/mol. The summed E-state index contributed by atoms with van der Waals surface area (Å²) in [5, 5.41) is 16.0. The van der Waals surface area contributed by atoms with Crippen molar-refractivity contribution in [1.29, 1.82) is 0 Å². The lowest BCUT2D eigenvalue weighted by Crippen LogP contribution is -2.38. The molecule has 1 amide bonds. The van der Waals surface area contributed by atoms with Crippen LogP contribution in [0.5, 0.6) is 0 Å². The fourth-order valence-corrected chi connectivity index (χ4v) is 2.35. The normalized spacial score (nSPS) is 16.3. The maximum Gasteiger partial charge on any atom is 0.303 e. The summed E-state index contributed by atoms with van der Waals surface area (Å²) in [4.78, 5) is 24.5. The van der Waals surface area contributed by atoms with E-state index in [1.165, 1.54) is 12.4 Å². The first-order chi connectivity index (χ1) is 9.16. The molecule has 102 valence electrons. The molecule has 1 aromatic heterocycles. The van der Waals surface area contributed by atoms with Gasteiger partial charge in [-0.2, -0.15) is 10.2 Å². The molecule has 2 heterocycles. The van der Waals surface area contributed by atoms with Crippen LogP contribution in [0.3, 0.4) is 0 Å². The number of aromatic nitrogens is 2. The molecule has 1 aliphatic heterocycles. The molecule has 1 fully saturated rings. The second-order valence-corrected chi connectivity index (χ2v) is 4.80. The SMILES string of the molecule is O=C(O)CCC1CCN(C(=O)c2ccnnc2)CC1. The van der Waals surface area contributed by atoms with Gasteiger partial charge in [-0.25, -0.2) is 0 Å². The number of amides is 1. The molecule has 1 aliphatic rings. The van der Waals surface area contributed by atoms with E-state index in [0.717, 1.165) is 12.8 Å². The van der Waals surface area contributed by atoms with Gasteiger partial charge < -0.3 is 10.0 Å². The number of rotatable bonds is 4. The molecule has 0 bridgehead atoms. The average Bonchev–Trinajstić information content (AvgIpc) is 2.46. The van der Waals surface area contributed by atoms with Crippen molar-refractivity contribution >= 4 is 11.9 Å². The van der Waals surface area contributed by atoms with E-state index >= 15 is 0 Å². The molecule has 1 aromatic rings. The Morgan fingerprint density at radius 1 is 1.32 bits per heavy atom. The van der Waals surface area contributed by atoms with Crippen molar-refractivity contribution in [3.63, 3.8) is 0 Å². The van der Waals surface area contributed by atoms with E-state index < -0.39 is 5.97 Å². The monoisotopic (exact) mass is 263 g/mol. The zero-order chi connectivity index (χ0) is 13.7. The highest BCUT2D eigenvalue weighted by molar-refractivity contribution is 5.93. The third kappa shape index (κ3) is 3.74. The molecule has 0 saturated carbocycles. The van der Waals surface area contributed by atoms with E-state index in [1.54, 1.807) is 11.0 Å². The molecule has 0 atom stereocenters. The Morgan fingerprint density at radius 3 is 2.63 bits per heavy atom. The van der Waals surface area contributed by atoms with E-state index in [9.17, 15) is 9.59 Å². The summed E-state index contributed by atoms with van der Waals surface area (Å²) in [7, 11) is 0. The Labute approximate surface area is 111 Å². The van der Waals surface area contributed by atoms with E-state index in [-0.39, 0.29) is 12.3 Å². The van der Waals surface area contributed by atoms with Gasteiger partial charge in [0.25, 0.3) is 5.91 Å². The smallest absolute Gasteiger partial charge is 0.303 e. The lowest BCUT2D eigenvalue weighted by atomic mass is 9.92. The van der Waals surface area contributed by atoms with Crippen LogP contribution in [0.15, 0.2) is 18.5 Å². The standard InChI is InChI=1S/C13H17N3O3/c17-12(18)2-1-10-4-7-16(8-5-10)13(19)11-3-6-14-15-9-11/h3,6,9-10H,1-2,4-5,7-8H2,(H,17,18). The topological polar surface area (TPSA) is 83.4 Å². The fraction of sp³-hybridized carbons (Fsp3) is 0.538. The Bertz CT molecular complexity index is 442. The molecule has 6 heteroatoms. The Hall–Kier alpha value is -1.98. The molecule has 0 unspecified atom stereocenters. The molecule has 0 aliphatic carbocycles. The van der Waals surface area contributed by atoms with Crippen molar-refractivity contribution in [1.82, 2.24) is 15.1 Å². The summed E-state index contributed by atoms with van der Waals surface area (Å²) in [6.45, 7) is 1.37. The van der Waals surface area contributed by atoms with Gasteiger partial charge in [-0.3, -0.25) is 9.59 Å². The number of aliphatic carboxylic acids is 1. The zero-order valence-electron chi connectivity index (χ0n) is 10.7. The number of nitrogens with zero attached hydrogens (tertiary/aromatic N) is 3. The lowest BCUT2D eigenvalue weighted by Gasteiger charge is -2.31. The predicted octanol–water partition coefficient (Wildman–Crippen LogP) is 1.19. The van der Waals surface area contributed by atoms with Crippen molar-refractivity contribution < 1.29 is 14.7 Å². The van der Waals surface area contributed by atoms with Crippen molar-refractivity contribution in [2.24, 2.45) is 5.92 Å². The van der Waals surface area contributed by atoms with E-state index in [0.29, 0.717) is 31.0 Å². The highest BCUT2D eigenvalue weighted by Gasteiger charge is 2.23. The van der Waals surface area contributed by atoms with Gasteiger partial charge in [0, 0.05) is 19.5 Å². The summed E-state index contributed by atoms with van der Waals surface area (Å²) in [6.07, 6.45) is 5.64. The van der Waals surface area contributed by atoms with Crippen LogP contribution in [0.25, 0.3) is 0 Å². The molecule has 6 nitrogen and oxygen atoms in total. The summed E-state index contributed by atoms with van der Waals surface area (Å²) in [5.74, 6) is -0.358. The van der Waals surface area contributed by atoms with Crippen molar-refractivity contribution in [2.45, 2.75) is 25.7 Å². The number of carbonyl (C=O) groups is 2. The van der Waals surface area contributed by atoms with Gasteiger partial charge in [-0.1, -0.05) is 0 Å². The van der Waals surface area contributed by atoms with Gasteiger partial charge in [0.05, 0.1) is 18.0 Å². The predicted molar refractivity (Wildman–Crippen MR) is 67.5 cm³/mol. The largest absolute Gasteiger partial charge is 0.481 e. The molecular formula is C13H17N3O3. The minimum absolute atomic E-state index is 0.0217. The van der Waals surface area contributed by atoms with Gasteiger partial charge in [0.15, 0.2) is 0 Å². The van der Waals surface area contributed by atoms with Crippen molar-refractivity contribution in [2.75, 3.05) is 13.1 Å². The number of hydrogen-bond donors (Lipinski definition) is 1. The maximum absolute atomic E-state index is 12.1. The van der Waals surface area contributed by atoms with E-state index in [2.05, 4.69) is 10.2 Å². The van der Waals surface area contributed by atoms with Crippen LogP contribution in [0.1, 0.15) is 36.0 Å². The van der Waals surface area contributed by atoms with Crippen LogP contribution >= 0.6 is 0 Å². The minimum Gasteiger partial charge on any atom is -0.481 e. The first-order valence-electron chi connectivity index (χ1n) is 6.44. The molecule has 0 spiro atoms. The van der Waals surface area contributed by atoms with Gasteiger partial charge >= 0.3 is 5.97 Å². The van der Waals surface area contributed by atoms with Crippen LogP contribution in [-0.2, 0) is 4.79 Å². The van der Waals surface area contributed by atoms with Crippen LogP contribution in [0.4, 0.5) is 0 Å². The molecular weight excluding hydrogens is 246 g/mol. The number of carboxylic acid groups (broad SMARTS) is 1. The fourth-order valence-electron chi connectivity index (χ4n) is 2.35. The van der Waals surface area contributed by atoms with Crippen LogP contribution < -0.4 is 0 Å². The number of piperidine rings is 1. The van der Waals surface area contributed by atoms with Crippen LogP contribution in [-0.4, -0.2) is 45.2 Å². The molecule has 1 saturated heterocycles. The summed E-state index contributed by atoms with van der Waals surface area (Å²) in [5.41, 5.74) is 0.555. The van der Waals surface area contributed by atoms with Crippen molar-refractivity contribution in [3.05, 3.63) is 24.0 Å². The number of likely N-dealkylation sites (tertiary alicyclic amines) is 1. The highest BCUT2D eigenvalue weighted by Crippen LogP contribution is 2.22. The summed E-state index contributed by atoms with van der Waals surface area (Å²) in [6, 6.07) is 1.66. The lowest BCUT2D eigenvalue weighted by molar-refractivity contribution is -0.137. The summed E-state index contributed by atoms with van der Waals surface area (Å²) < 4.78 is 0. The Morgan fingerprint density at radius 2 is 2.05 bits per heavy atom. The maximum atomic E-state index is 12.1. The van der Waals surface area contributed by atoms with E-state index in [4.69, 9.17) is 5.11 Å². The Balaban J connectivity index is 1.83. The van der Waals surface area contributed by atoms with Crippen LogP contribution in [0, 0.1) is 5.92 Å². The first kappa shape index (κ1) is 13.5. The zero-order valence-corrected chi connectivity index (χ0v) is 10.7. The quantitative estimate of drug-likeness (QED) is 0.882. The minimum atomic E-state index is -0.749. The van der Waals surface area contributed by atoms with Gasteiger partial charge in [0.2, 0.25) is 0 Å².